The number of carbonyl (C=O) groups is 1. The van der Waals surface area contributed by atoms with Gasteiger partial charge in [-0.15, -0.1) is 0 Å². The molecule has 2 fully saturated rings. The smallest absolute Gasteiger partial charge is 0.343 e. The van der Waals surface area contributed by atoms with Gasteiger partial charge in [-0.05, 0) is 55.4 Å². The van der Waals surface area contributed by atoms with E-state index in [0.717, 1.165) is 32.4 Å². The Bertz CT molecular complexity index is 822. The van der Waals surface area contributed by atoms with Gasteiger partial charge in [-0.3, -0.25) is 0 Å². The lowest BCUT2D eigenvalue weighted by Gasteiger charge is -2.42. The zero-order chi connectivity index (χ0) is 19.0. The molecule has 1 aliphatic heterocycles. The highest BCUT2D eigenvalue weighted by Crippen LogP contribution is 2.46. The fourth-order valence-corrected chi connectivity index (χ4v) is 4.58. The molecule has 4 rings (SSSR count). The van der Waals surface area contributed by atoms with Gasteiger partial charge < -0.3 is 25.0 Å². The van der Waals surface area contributed by atoms with Crippen LogP contribution in [0.3, 0.4) is 0 Å². The van der Waals surface area contributed by atoms with Crippen molar-refractivity contribution in [1.29, 1.82) is 0 Å². The van der Waals surface area contributed by atoms with E-state index < -0.39 is 5.97 Å². The number of nitrogens with two attached hydrogens (primary N) is 1. The molecule has 2 aliphatic rings. The lowest BCUT2D eigenvalue weighted by molar-refractivity contribution is 0.0697. The number of anilines is 1. The number of carboxylic acid groups (broad SMARTS) is 1. The van der Waals surface area contributed by atoms with Crippen molar-refractivity contribution in [3.8, 4) is 17.1 Å². The summed E-state index contributed by atoms with van der Waals surface area (Å²) in [6.07, 6.45) is 5.39. The highest BCUT2D eigenvalue weighted by atomic mass is 16.5. The zero-order valence-electron chi connectivity index (χ0n) is 15.5. The third kappa shape index (κ3) is 3.06. The second kappa shape index (κ2) is 6.88. The molecule has 1 saturated carbocycles. The number of ether oxygens (including phenoxy) is 1. The molecule has 27 heavy (non-hydrogen) atoms. The Morgan fingerprint density at radius 2 is 2.00 bits per heavy atom. The summed E-state index contributed by atoms with van der Waals surface area (Å²) in [6, 6.07) is 7.35. The minimum absolute atomic E-state index is 0.117. The Balaban J connectivity index is 1.60. The normalized spacial score (nSPS) is 21.6. The van der Waals surface area contributed by atoms with Crippen molar-refractivity contribution < 1.29 is 19.2 Å². The maximum absolute atomic E-state index is 12.0. The highest BCUT2D eigenvalue weighted by Gasteiger charge is 2.43. The van der Waals surface area contributed by atoms with E-state index in [4.69, 9.17) is 15.0 Å². The van der Waals surface area contributed by atoms with E-state index in [1.54, 1.807) is 31.4 Å². The van der Waals surface area contributed by atoms with Crippen LogP contribution in [-0.2, 0) is 0 Å². The number of piperidine rings is 1. The summed E-state index contributed by atoms with van der Waals surface area (Å²) < 4.78 is 10.6. The largest absolute Gasteiger partial charge is 0.497 e. The standard InChI is InChI=1S/C20H25N3O4/c1-26-14-6-4-13(5-7-14)17-16(19(24)25)18(22-27-17)23-11-9-20(10-12-23)8-2-3-15(20)21/h4-7,15H,2-3,8-12,21H2,1H3,(H,24,25). The predicted octanol–water partition coefficient (Wildman–Crippen LogP) is 3.15. The first-order valence-corrected chi connectivity index (χ1v) is 9.42. The molecule has 3 N–H and O–H groups in total. The monoisotopic (exact) mass is 371 g/mol. The van der Waals surface area contributed by atoms with E-state index in [9.17, 15) is 9.90 Å². The Kier molecular flexibility index (Phi) is 4.55. The van der Waals surface area contributed by atoms with Crippen LogP contribution in [0.25, 0.3) is 11.3 Å². The van der Waals surface area contributed by atoms with Crippen molar-refractivity contribution in [3.05, 3.63) is 29.8 Å². The first-order chi connectivity index (χ1) is 13.0. The van der Waals surface area contributed by atoms with Gasteiger partial charge in [0.05, 0.1) is 7.11 Å². The number of nitrogens with zero attached hydrogens (tertiary/aromatic N) is 2. The number of hydrogen-bond acceptors (Lipinski definition) is 6. The van der Waals surface area contributed by atoms with Gasteiger partial charge in [-0.2, -0.15) is 0 Å². The van der Waals surface area contributed by atoms with E-state index in [2.05, 4.69) is 5.16 Å². The van der Waals surface area contributed by atoms with Crippen LogP contribution in [-0.4, -0.2) is 42.5 Å². The van der Waals surface area contributed by atoms with Crippen LogP contribution in [0.1, 0.15) is 42.5 Å². The number of aromatic nitrogens is 1. The molecule has 0 radical (unpaired) electrons. The SMILES string of the molecule is COc1ccc(-c2onc(N3CCC4(CCCC4N)CC3)c2C(=O)O)cc1. The summed E-state index contributed by atoms with van der Waals surface area (Å²) in [5, 5.41) is 13.9. The van der Waals surface area contributed by atoms with Crippen LogP contribution in [0.2, 0.25) is 0 Å². The maximum atomic E-state index is 12.0. The van der Waals surface area contributed by atoms with E-state index in [1.807, 2.05) is 4.90 Å². The molecule has 1 aliphatic carbocycles. The first kappa shape index (κ1) is 17.9. The molecule has 1 unspecified atom stereocenters. The van der Waals surface area contributed by atoms with Crippen molar-refractivity contribution in [2.45, 2.75) is 38.1 Å². The van der Waals surface area contributed by atoms with Crippen LogP contribution in [0.4, 0.5) is 5.82 Å². The molecule has 2 aromatic rings. The van der Waals surface area contributed by atoms with Gasteiger partial charge in [0.2, 0.25) is 0 Å². The van der Waals surface area contributed by atoms with Crippen LogP contribution in [0.5, 0.6) is 5.75 Å². The number of aromatic carboxylic acids is 1. The summed E-state index contributed by atoms with van der Waals surface area (Å²) in [4.78, 5) is 14.0. The molecule has 1 aromatic carbocycles. The minimum atomic E-state index is -1.03. The maximum Gasteiger partial charge on any atom is 0.343 e. The molecular weight excluding hydrogens is 346 g/mol. The summed E-state index contributed by atoms with van der Waals surface area (Å²) in [7, 11) is 1.59. The van der Waals surface area contributed by atoms with Crippen molar-refractivity contribution in [3.63, 3.8) is 0 Å². The molecule has 1 spiro atoms. The second-order valence-corrected chi connectivity index (χ2v) is 7.59. The number of carboxylic acids is 1. The Hall–Kier alpha value is -2.54. The molecular formula is C20H25N3O4. The summed E-state index contributed by atoms with van der Waals surface area (Å²) in [6.45, 7) is 1.51. The number of benzene rings is 1. The van der Waals surface area contributed by atoms with Crippen molar-refractivity contribution in [2.24, 2.45) is 11.1 Å². The van der Waals surface area contributed by atoms with Gasteiger partial charge in [0.1, 0.15) is 5.75 Å². The van der Waals surface area contributed by atoms with Crippen molar-refractivity contribution in [1.82, 2.24) is 5.16 Å². The number of hydrogen-bond donors (Lipinski definition) is 2. The Morgan fingerprint density at radius 1 is 1.30 bits per heavy atom. The molecule has 0 amide bonds. The summed E-state index contributed by atoms with van der Waals surface area (Å²) >= 11 is 0. The van der Waals surface area contributed by atoms with Gasteiger partial charge in [0.25, 0.3) is 0 Å². The van der Waals surface area contributed by atoms with E-state index in [-0.39, 0.29) is 22.8 Å². The molecule has 1 aromatic heterocycles. The fourth-order valence-electron chi connectivity index (χ4n) is 4.58. The lowest BCUT2D eigenvalue weighted by Crippen LogP contribution is -2.47. The molecule has 2 heterocycles. The lowest BCUT2D eigenvalue weighted by atomic mass is 9.74. The van der Waals surface area contributed by atoms with Crippen LogP contribution in [0, 0.1) is 5.41 Å². The predicted molar refractivity (Wildman–Crippen MR) is 101 cm³/mol. The van der Waals surface area contributed by atoms with Gasteiger partial charge in [-0.25, -0.2) is 4.79 Å². The van der Waals surface area contributed by atoms with Gasteiger partial charge in [0, 0.05) is 24.7 Å². The van der Waals surface area contributed by atoms with E-state index in [1.165, 1.54) is 12.8 Å². The minimum Gasteiger partial charge on any atom is -0.497 e. The topological polar surface area (TPSA) is 102 Å². The quantitative estimate of drug-likeness (QED) is 0.851. The van der Waals surface area contributed by atoms with Crippen LogP contribution >= 0.6 is 0 Å². The van der Waals surface area contributed by atoms with Crippen molar-refractivity contribution in [2.75, 3.05) is 25.1 Å². The molecule has 144 valence electrons. The average molecular weight is 371 g/mol. The number of rotatable bonds is 4. The van der Waals surface area contributed by atoms with Crippen LogP contribution in [0.15, 0.2) is 28.8 Å². The zero-order valence-corrected chi connectivity index (χ0v) is 15.5. The first-order valence-electron chi connectivity index (χ1n) is 9.42. The second-order valence-electron chi connectivity index (χ2n) is 7.59. The fraction of sp³-hybridized carbons (Fsp3) is 0.500. The number of methoxy groups -OCH3 is 1. The average Bonchev–Trinajstić information content (AvgIpc) is 3.27. The highest BCUT2D eigenvalue weighted by molar-refractivity contribution is 5.99. The molecule has 0 bridgehead atoms. The molecule has 1 atom stereocenters. The Morgan fingerprint density at radius 3 is 2.56 bits per heavy atom. The molecule has 1 saturated heterocycles. The summed E-state index contributed by atoms with van der Waals surface area (Å²) in [5.74, 6) is 0.354. The third-order valence-corrected chi connectivity index (χ3v) is 6.28. The van der Waals surface area contributed by atoms with Crippen molar-refractivity contribution >= 4 is 11.8 Å². The summed E-state index contributed by atoms with van der Waals surface area (Å²) in [5.41, 5.74) is 7.35. The van der Waals surface area contributed by atoms with Crippen LogP contribution < -0.4 is 15.4 Å². The van der Waals surface area contributed by atoms with Gasteiger partial charge >= 0.3 is 5.97 Å². The molecule has 7 heteroatoms. The van der Waals surface area contributed by atoms with Gasteiger partial charge in [-0.1, -0.05) is 11.6 Å². The molecule has 7 nitrogen and oxygen atoms in total. The third-order valence-electron chi connectivity index (χ3n) is 6.28. The Labute approximate surface area is 158 Å². The van der Waals surface area contributed by atoms with Gasteiger partial charge in [0.15, 0.2) is 17.1 Å². The van der Waals surface area contributed by atoms with E-state index in [0.29, 0.717) is 17.1 Å². The van der Waals surface area contributed by atoms with E-state index >= 15 is 0 Å².